The zero-order chi connectivity index (χ0) is 24.1. The highest BCUT2D eigenvalue weighted by molar-refractivity contribution is 7.99. The third-order valence-corrected chi connectivity index (χ3v) is 8.22. The van der Waals surface area contributed by atoms with E-state index in [1.165, 1.54) is 18.4 Å². The van der Waals surface area contributed by atoms with Gasteiger partial charge in [0, 0.05) is 17.5 Å². The van der Waals surface area contributed by atoms with E-state index >= 15 is 0 Å². The maximum absolute atomic E-state index is 13.6. The lowest BCUT2D eigenvalue weighted by Crippen LogP contribution is -2.51. The molecule has 182 valence electrons. The van der Waals surface area contributed by atoms with E-state index in [-0.39, 0.29) is 23.4 Å². The van der Waals surface area contributed by atoms with Gasteiger partial charge in [-0.25, -0.2) is 4.79 Å². The normalized spacial score (nSPS) is 21.1. The molecular formula is C27H35N3O3S. The number of amides is 3. The number of carbonyl (C=O) groups excluding carboxylic acids is 2. The smallest absolute Gasteiger partial charge is 0.323 e. The summed E-state index contributed by atoms with van der Waals surface area (Å²) in [6, 6.07) is 13.0. The number of benzene rings is 2. The summed E-state index contributed by atoms with van der Waals surface area (Å²) in [5.41, 5.74) is 4.00. The zero-order valence-electron chi connectivity index (χ0n) is 20.3. The molecule has 1 aliphatic heterocycles. The van der Waals surface area contributed by atoms with Gasteiger partial charge in [0.05, 0.1) is 7.11 Å². The minimum Gasteiger partial charge on any atom is -0.497 e. The molecule has 1 aliphatic carbocycles. The summed E-state index contributed by atoms with van der Waals surface area (Å²) in [6.45, 7) is 4.07. The van der Waals surface area contributed by atoms with Gasteiger partial charge in [-0.15, -0.1) is 11.8 Å². The van der Waals surface area contributed by atoms with Gasteiger partial charge in [0.2, 0.25) is 5.91 Å². The molecule has 1 saturated carbocycles. The minimum absolute atomic E-state index is 0.0503. The Kier molecular flexibility index (Phi) is 8.03. The van der Waals surface area contributed by atoms with E-state index in [1.807, 2.05) is 56.3 Å². The molecule has 2 aliphatic rings. The molecule has 2 fully saturated rings. The van der Waals surface area contributed by atoms with E-state index in [2.05, 4.69) is 10.6 Å². The minimum atomic E-state index is -0.521. The van der Waals surface area contributed by atoms with Crippen LogP contribution in [0, 0.1) is 13.8 Å². The Morgan fingerprint density at radius 2 is 1.68 bits per heavy atom. The summed E-state index contributed by atoms with van der Waals surface area (Å²) in [4.78, 5) is 28.7. The van der Waals surface area contributed by atoms with Gasteiger partial charge in [0.25, 0.3) is 0 Å². The molecule has 0 unspecified atom stereocenters. The van der Waals surface area contributed by atoms with Crippen molar-refractivity contribution in [1.82, 2.24) is 10.2 Å². The predicted molar refractivity (Wildman–Crippen MR) is 138 cm³/mol. The van der Waals surface area contributed by atoms with E-state index < -0.39 is 6.04 Å². The van der Waals surface area contributed by atoms with Crippen LogP contribution in [0.1, 0.15) is 60.6 Å². The van der Waals surface area contributed by atoms with Gasteiger partial charge in [0.1, 0.15) is 17.2 Å². The monoisotopic (exact) mass is 481 g/mol. The van der Waals surface area contributed by atoms with Crippen LogP contribution >= 0.6 is 11.8 Å². The summed E-state index contributed by atoms with van der Waals surface area (Å²) in [6.07, 6.45) is 6.79. The van der Waals surface area contributed by atoms with Crippen molar-refractivity contribution in [3.63, 3.8) is 0 Å². The summed E-state index contributed by atoms with van der Waals surface area (Å²) in [7, 11) is 1.64. The summed E-state index contributed by atoms with van der Waals surface area (Å²) >= 11 is 1.63. The fourth-order valence-corrected chi connectivity index (χ4v) is 6.14. The van der Waals surface area contributed by atoms with Crippen LogP contribution in [0.3, 0.4) is 0 Å². The van der Waals surface area contributed by atoms with Crippen molar-refractivity contribution in [2.75, 3.05) is 18.2 Å². The molecule has 0 radical (unpaired) electrons. The number of hydrogen-bond acceptors (Lipinski definition) is 4. The first kappa shape index (κ1) is 24.5. The molecular weight excluding hydrogens is 446 g/mol. The quantitative estimate of drug-likeness (QED) is 0.530. The standard InChI is InChI=1S/C27H35N3O3S/c1-18-10-13-22(16-19(18)2)29-27(32)30-24(25(31)28-21-8-6-4-5-7-9-21)17-34-26(30)20-11-14-23(33-3)15-12-20/h10-16,21,24,26H,4-9,17H2,1-3H3,(H,28,31)(H,29,32)/t24-,26+/m0/s1. The first-order chi connectivity index (χ1) is 16.5. The van der Waals surface area contributed by atoms with E-state index in [0.717, 1.165) is 48.2 Å². The largest absolute Gasteiger partial charge is 0.497 e. The second-order valence-corrected chi connectivity index (χ2v) is 10.4. The fourth-order valence-electron chi connectivity index (χ4n) is 4.71. The van der Waals surface area contributed by atoms with Gasteiger partial charge in [-0.2, -0.15) is 0 Å². The van der Waals surface area contributed by atoms with Gasteiger partial charge in [-0.05, 0) is 67.6 Å². The molecule has 4 rings (SSSR count). The van der Waals surface area contributed by atoms with Crippen molar-refractivity contribution in [2.45, 2.75) is 69.8 Å². The molecule has 2 aromatic carbocycles. The number of carbonyl (C=O) groups is 2. The van der Waals surface area contributed by atoms with Crippen LogP contribution in [0.15, 0.2) is 42.5 Å². The first-order valence-corrected chi connectivity index (χ1v) is 13.2. The molecule has 34 heavy (non-hydrogen) atoms. The van der Waals surface area contributed by atoms with Crippen LogP contribution in [-0.4, -0.2) is 41.8 Å². The van der Waals surface area contributed by atoms with Gasteiger partial charge >= 0.3 is 6.03 Å². The molecule has 1 heterocycles. The molecule has 0 aromatic heterocycles. The third-order valence-electron chi connectivity index (χ3n) is 6.90. The second kappa shape index (κ2) is 11.2. The molecule has 2 N–H and O–H groups in total. The van der Waals surface area contributed by atoms with Gasteiger partial charge < -0.3 is 15.4 Å². The van der Waals surface area contributed by atoms with Crippen LogP contribution in [0.25, 0.3) is 0 Å². The highest BCUT2D eigenvalue weighted by Gasteiger charge is 2.43. The number of thioether (sulfide) groups is 1. The molecule has 2 atom stereocenters. The lowest BCUT2D eigenvalue weighted by atomic mass is 10.1. The lowest BCUT2D eigenvalue weighted by molar-refractivity contribution is -0.125. The number of hydrogen-bond donors (Lipinski definition) is 2. The average Bonchev–Trinajstić information content (AvgIpc) is 3.13. The topological polar surface area (TPSA) is 70.7 Å². The highest BCUT2D eigenvalue weighted by Crippen LogP contribution is 2.42. The van der Waals surface area contributed by atoms with Crippen LogP contribution in [-0.2, 0) is 4.79 Å². The Morgan fingerprint density at radius 3 is 2.32 bits per heavy atom. The number of nitrogens with one attached hydrogen (secondary N) is 2. The molecule has 7 heteroatoms. The molecule has 3 amide bonds. The Labute approximate surface area is 206 Å². The maximum atomic E-state index is 13.6. The number of anilines is 1. The SMILES string of the molecule is COc1ccc([C@H]2SC[C@@H](C(=O)NC3CCCCCC3)N2C(=O)Nc2ccc(C)c(C)c2)cc1. The molecule has 2 aromatic rings. The third kappa shape index (κ3) is 5.69. The summed E-state index contributed by atoms with van der Waals surface area (Å²) in [5, 5.41) is 6.06. The number of ether oxygens (including phenoxy) is 1. The van der Waals surface area contributed by atoms with Gasteiger partial charge in [-0.3, -0.25) is 9.69 Å². The number of urea groups is 1. The van der Waals surface area contributed by atoms with Gasteiger partial charge in [-0.1, -0.05) is 43.9 Å². The van der Waals surface area contributed by atoms with E-state index in [0.29, 0.717) is 5.75 Å². The van der Waals surface area contributed by atoms with Crippen molar-refractivity contribution < 1.29 is 14.3 Å². The average molecular weight is 482 g/mol. The van der Waals surface area contributed by atoms with Crippen LogP contribution in [0.4, 0.5) is 10.5 Å². The number of rotatable bonds is 5. The highest BCUT2D eigenvalue weighted by atomic mass is 32.2. The van der Waals surface area contributed by atoms with Crippen molar-refractivity contribution >= 4 is 29.4 Å². The number of methoxy groups -OCH3 is 1. The maximum Gasteiger partial charge on any atom is 0.323 e. The van der Waals surface area contributed by atoms with E-state index in [1.54, 1.807) is 23.8 Å². The van der Waals surface area contributed by atoms with E-state index in [4.69, 9.17) is 4.74 Å². The Morgan fingerprint density at radius 1 is 0.971 bits per heavy atom. The molecule has 0 spiro atoms. The molecule has 6 nitrogen and oxygen atoms in total. The Hall–Kier alpha value is -2.67. The Bertz CT molecular complexity index is 1000. The van der Waals surface area contributed by atoms with Crippen LogP contribution in [0.5, 0.6) is 5.75 Å². The van der Waals surface area contributed by atoms with Crippen molar-refractivity contribution in [2.24, 2.45) is 0 Å². The number of aryl methyl sites for hydroxylation is 2. The lowest BCUT2D eigenvalue weighted by Gasteiger charge is -2.30. The fraction of sp³-hybridized carbons (Fsp3) is 0.481. The molecule has 1 saturated heterocycles. The Balaban J connectivity index is 1.56. The molecule has 0 bridgehead atoms. The summed E-state index contributed by atoms with van der Waals surface area (Å²) in [5.74, 6) is 1.28. The van der Waals surface area contributed by atoms with Crippen LogP contribution in [0.2, 0.25) is 0 Å². The van der Waals surface area contributed by atoms with Crippen molar-refractivity contribution in [1.29, 1.82) is 0 Å². The number of nitrogens with zero attached hydrogens (tertiary/aromatic N) is 1. The van der Waals surface area contributed by atoms with Gasteiger partial charge in [0.15, 0.2) is 0 Å². The van der Waals surface area contributed by atoms with Crippen molar-refractivity contribution in [3.8, 4) is 5.75 Å². The van der Waals surface area contributed by atoms with E-state index in [9.17, 15) is 9.59 Å². The second-order valence-electron chi connectivity index (χ2n) is 9.31. The zero-order valence-corrected chi connectivity index (χ0v) is 21.1. The van der Waals surface area contributed by atoms with Crippen molar-refractivity contribution in [3.05, 3.63) is 59.2 Å². The predicted octanol–water partition coefficient (Wildman–Crippen LogP) is 5.80. The first-order valence-electron chi connectivity index (χ1n) is 12.2. The van der Waals surface area contributed by atoms with Crippen LogP contribution < -0.4 is 15.4 Å². The summed E-state index contributed by atoms with van der Waals surface area (Å²) < 4.78 is 5.30.